The van der Waals surface area contributed by atoms with E-state index in [1.165, 1.54) is 41.3 Å². The summed E-state index contributed by atoms with van der Waals surface area (Å²) in [5, 5.41) is 3.87. The molecule has 11 nitrogen and oxygen atoms in total. The van der Waals surface area contributed by atoms with Crippen molar-refractivity contribution in [2.24, 2.45) is 11.3 Å². The van der Waals surface area contributed by atoms with Crippen LogP contribution in [0, 0.1) is 11.3 Å². The lowest BCUT2D eigenvalue weighted by Gasteiger charge is -2.42. The summed E-state index contributed by atoms with van der Waals surface area (Å²) in [5.74, 6) is 0.517. The number of hydrogen-bond donors (Lipinski definition) is 1. The average Bonchev–Trinajstić information content (AvgIpc) is 3.55. The second kappa shape index (κ2) is 13.9. The van der Waals surface area contributed by atoms with Crippen LogP contribution < -0.4 is 14.4 Å². The Morgan fingerprint density at radius 2 is 1.86 bits per heavy atom. The van der Waals surface area contributed by atoms with Crippen LogP contribution in [0.25, 0.3) is 5.82 Å². The third kappa shape index (κ3) is 8.53. The molecule has 3 aromatic heterocycles. The summed E-state index contributed by atoms with van der Waals surface area (Å²) in [6.45, 7) is 13.1. The maximum Gasteiger partial charge on any atom is 0.394 e. The van der Waals surface area contributed by atoms with Crippen LogP contribution in [-0.4, -0.2) is 83.0 Å². The van der Waals surface area contributed by atoms with E-state index in [-0.39, 0.29) is 64.3 Å². The van der Waals surface area contributed by atoms with E-state index < -0.39 is 27.5 Å². The number of carbonyl (C=O) groups excluding carboxylic acids is 1. The molecule has 5 rings (SSSR count). The summed E-state index contributed by atoms with van der Waals surface area (Å²) in [6.07, 6.45) is 1.65. The van der Waals surface area contributed by atoms with Crippen LogP contribution >= 0.6 is 11.6 Å². The van der Waals surface area contributed by atoms with E-state index in [1.54, 1.807) is 6.07 Å². The number of amides is 1. The van der Waals surface area contributed by atoms with E-state index in [0.29, 0.717) is 11.7 Å². The van der Waals surface area contributed by atoms with E-state index in [9.17, 15) is 26.4 Å². The third-order valence-corrected chi connectivity index (χ3v) is 11.3. The lowest BCUT2D eigenvalue weighted by atomic mass is 9.92. The molecule has 1 atom stereocenters. The fourth-order valence-corrected chi connectivity index (χ4v) is 8.04. The zero-order valence-corrected chi connectivity index (χ0v) is 30.8. The van der Waals surface area contributed by atoms with Gasteiger partial charge in [-0.15, -0.1) is 5.10 Å². The van der Waals surface area contributed by atoms with E-state index in [0.717, 1.165) is 32.4 Å². The molecule has 1 aliphatic carbocycles. The van der Waals surface area contributed by atoms with Gasteiger partial charge in [0.15, 0.2) is 5.82 Å². The van der Waals surface area contributed by atoms with Gasteiger partial charge in [0.25, 0.3) is 15.9 Å². The van der Waals surface area contributed by atoms with Gasteiger partial charge in [-0.2, -0.15) is 13.2 Å². The third-order valence-electron chi connectivity index (χ3n) is 9.69. The Hall–Kier alpha value is -3.43. The highest BCUT2D eigenvalue weighted by molar-refractivity contribution is 7.90. The molecule has 0 aromatic carbocycles. The van der Waals surface area contributed by atoms with Crippen molar-refractivity contribution in [1.29, 1.82) is 0 Å². The molecule has 1 amide bonds. The Morgan fingerprint density at radius 3 is 2.44 bits per heavy atom. The molecule has 1 saturated carbocycles. The molecule has 2 aliphatic rings. The molecule has 1 N–H and O–H groups in total. The van der Waals surface area contributed by atoms with Gasteiger partial charge in [0, 0.05) is 49.7 Å². The predicted molar refractivity (Wildman–Crippen MR) is 184 cm³/mol. The van der Waals surface area contributed by atoms with Gasteiger partial charge < -0.3 is 9.64 Å². The summed E-state index contributed by atoms with van der Waals surface area (Å²) in [5.41, 5.74) is -1.59. The van der Waals surface area contributed by atoms with Crippen LogP contribution in [0.4, 0.5) is 19.0 Å². The normalized spacial score (nSPS) is 19.0. The average molecular weight is 740 g/mol. The number of ether oxygens (including phenoxy) is 1. The first kappa shape index (κ1) is 37.8. The number of aromatic nitrogens is 4. The van der Waals surface area contributed by atoms with Gasteiger partial charge in [-0.1, -0.05) is 11.6 Å². The molecule has 0 spiro atoms. The van der Waals surface area contributed by atoms with Gasteiger partial charge in [-0.25, -0.2) is 27.8 Å². The molecule has 50 heavy (non-hydrogen) atoms. The van der Waals surface area contributed by atoms with Gasteiger partial charge >= 0.3 is 6.18 Å². The molecule has 2 fully saturated rings. The topological polar surface area (TPSA) is 123 Å². The number of sulfonamides is 1. The summed E-state index contributed by atoms with van der Waals surface area (Å²) in [7, 11) is -2.37. The molecule has 1 saturated heterocycles. The van der Waals surface area contributed by atoms with Gasteiger partial charge in [0.05, 0.1) is 17.6 Å². The highest BCUT2D eigenvalue weighted by Crippen LogP contribution is 2.59. The van der Waals surface area contributed by atoms with Crippen LogP contribution in [-0.2, 0) is 10.0 Å². The van der Waals surface area contributed by atoms with Crippen molar-refractivity contribution in [2.45, 2.75) is 95.3 Å². The summed E-state index contributed by atoms with van der Waals surface area (Å²) >= 11 is 6.25. The number of hydrogen-bond acceptors (Lipinski definition) is 9. The maximum atomic E-state index is 13.1. The largest absolute Gasteiger partial charge is 0.477 e. The second-order valence-electron chi connectivity index (χ2n) is 15.0. The predicted octanol–water partition coefficient (Wildman–Crippen LogP) is 6.66. The Morgan fingerprint density at radius 1 is 1.14 bits per heavy atom. The fraction of sp³-hybridized carbons (Fsp3) is 0.588. The van der Waals surface area contributed by atoms with Gasteiger partial charge in [-0.05, 0) is 103 Å². The van der Waals surface area contributed by atoms with Gasteiger partial charge in [-0.3, -0.25) is 9.69 Å². The number of anilines is 1. The molecule has 1 unspecified atom stereocenters. The molecule has 0 bridgehead atoms. The Balaban J connectivity index is 1.12. The molecular formula is C34H45ClF3N7O4S. The van der Waals surface area contributed by atoms with E-state index in [2.05, 4.69) is 54.6 Å². The van der Waals surface area contributed by atoms with Crippen molar-refractivity contribution >= 4 is 33.3 Å². The first-order chi connectivity index (χ1) is 23.2. The minimum absolute atomic E-state index is 0.0929. The van der Waals surface area contributed by atoms with Crippen molar-refractivity contribution in [3.8, 4) is 11.7 Å². The van der Waals surface area contributed by atoms with Crippen LogP contribution in [0.1, 0.15) is 83.5 Å². The lowest BCUT2D eigenvalue weighted by molar-refractivity contribution is -0.190. The van der Waals surface area contributed by atoms with Crippen LogP contribution in [0.15, 0.2) is 47.6 Å². The SMILES string of the molecule is CN(CCCC1CN(C(C)(C)C)C(C)(C)C1)c1ccc(S(=O)(=O)NC(=O)c2ccc(-n3ccc(OCCC4(C(F)(F)F)CC4)n3)nc2Cl)cn1. The van der Waals surface area contributed by atoms with E-state index in [4.69, 9.17) is 16.3 Å². The van der Waals surface area contributed by atoms with E-state index >= 15 is 0 Å². The van der Waals surface area contributed by atoms with Gasteiger partial charge in [0.2, 0.25) is 5.88 Å². The Bertz CT molecular complexity index is 1790. The molecule has 0 radical (unpaired) electrons. The number of likely N-dealkylation sites (tertiary alicyclic amines) is 1. The number of pyridine rings is 2. The Kier molecular flexibility index (Phi) is 10.5. The Labute approximate surface area is 296 Å². The molecule has 4 heterocycles. The highest BCUT2D eigenvalue weighted by Gasteiger charge is 2.62. The first-order valence-electron chi connectivity index (χ1n) is 16.7. The van der Waals surface area contributed by atoms with Crippen LogP contribution in [0.5, 0.6) is 5.88 Å². The number of nitrogens with one attached hydrogen (secondary N) is 1. The van der Waals surface area contributed by atoms with Crippen LogP contribution in [0.3, 0.4) is 0 Å². The molecule has 274 valence electrons. The molecular weight excluding hydrogens is 695 g/mol. The fourth-order valence-electron chi connectivity index (χ4n) is 6.90. The van der Waals surface area contributed by atoms with Crippen molar-refractivity contribution in [3.05, 3.63) is 53.4 Å². The van der Waals surface area contributed by atoms with Gasteiger partial charge in [0.1, 0.15) is 15.9 Å². The first-order valence-corrected chi connectivity index (χ1v) is 18.5. The summed E-state index contributed by atoms with van der Waals surface area (Å²) in [6, 6.07) is 7.15. The zero-order valence-electron chi connectivity index (χ0n) is 29.2. The minimum atomic E-state index is -4.28. The zero-order chi connectivity index (χ0) is 36.7. The van der Waals surface area contributed by atoms with Crippen molar-refractivity contribution in [2.75, 3.05) is 31.6 Å². The lowest BCUT2D eigenvalue weighted by Crippen LogP contribution is -2.50. The number of carbonyl (C=O) groups is 1. The minimum Gasteiger partial charge on any atom is -0.477 e. The maximum absolute atomic E-state index is 13.1. The standard InChI is InChI=1S/C34H45ClF3N7O4S/c1-31(2,3)45-22-23(20-32(45,4)5)8-7-17-43(6)26-11-9-24(21-39-26)50(47,48)42-30(46)25-10-12-27(40-29(25)35)44-18-13-28(41-44)49-19-16-33(14-15-33)34(36,37)38/h9-13,18,21,23H,7-8,14-17,19-20,22H2,1-6H3,(H,42,46). The van der Waals surface area contributed by atoms with E-state index in [1.807, 2.05) is 16.7 Å². The van der Waals surface area contributed by atoms with Crippen LogP contribution in [0.2, 0.25) is 5.15 Å². The second-order valence-corrected chi connectivity index (χ2v) is 17.0. The monoisotopic (exact) mass is 739 g/mol. The summed E-state index contributed by atoms with van der Waals surface area (Å²) in [4.78, 5) is 25.8. The summed E-state index contributed by atoms with van der Waals surface area (Å²) < 4.78 is 74.2. The number of halogens is 4. The van der Waals surface area contributed by atoms with Crippen molar-refractivity contribution < 1.29 is 31.1 Å². The number of alkyl halides is 3. The van der Waals surface area contributed by atoms with Crippen molar-refractivity contribution in [1.82, 2.24) is 29.4 Å². The highest BCUT2D eigenvalue weighted by atomic mass is 35.5. The molecule has 1 aliphatic heterocycles. The number of nitrogens with zero attached hydrogens (tertiary/aromatic N) is 6. The quantitative estimate of drug-likeness (QED) is 0.192. The molecule has 3 aromatic rings. The molecule has 16 heteroatoms. The number of rotatable bonds is 13. The smallest absolute Gasteiger partial charge is 0.394 e. The van der Waals surface area contributed by atoms with Crippen molar-refractivity contribution in [3.63, 3.8) is 0 Å².